The molecule has 0 bridgehead atoms. The first-order chi connectivity index (χ1) is 8.92. The number of hydrogen-bond donors (Lipinski definition) is 0. The zero-order valence-electron chi connectivity index (χ0n) is 11.2. The molecule has 0 heteroatoms. The Morgan fingerprint density at radius 1 is 0.889 bits per heavy atom. The first-order valence-electron chi connectivity index (χ1n) is 6.97. The van der Waals surface area contributed by atoms with Crippen LogP contribution < -0.4 is 0 Å². The summed E-state index contributed by atoms with van der Waals surface area (Å²) < 4.78 is 0. The molecule has 0 unspecified atom stereocenters. The Bertz CT molecular complexity index is 456. The molecular formula is C18H21. The molecule has 0 aliphatic heterocycles. The van der Waals surface area contributed by atoms with Crippen LogP contribution in [-0.2, 0) is 6.42 Å². The second-order valence-electron chi connectivity index (χ2n) is 4.74. The number of benzene rings is 2. The van der Waals surface area contributed by atoms with Gasteiger partial charge in [0.1, 0.15) is 0 Å². The zero-order valence-corrected chi connectivity index (χ0v) is 11.2. The van der Waals surface area contributed by atoms with Crippen LogP contribution in [0, 0.1) is 6.07 Å². The number of aryl methyl sites for hydroxylation is 1. The van der Waals surface area contributed by atoms with Crippen LogP contribution in [0.25, 0.3) is 11.1 Å². The van der Waals surface area contributed by atoms with Crippen molar-refractivity contribution in [2.24, 2.45) is 0 Å². The summed E-state index contributed by atoms with van der Waals surface area (Å²) in [6, 6.07) is 20.3. The molecule has 18 heavy (non-hydrogen) atoms. The van der Waals surface area contributed by atoms with Crippen molar-refractivity contribution in [2.75, 3.05) is 0 Å². The normalized spacial score (nSPS) is 10.5. The summed E-state index contributed by atoms with van der Waals surface area (Å²) in [6.07, 6.45) is 6.45. The predicted molar refractivity (Wildman–Crippen MR) is 78.6 cm³/mol. The van der Waals surface area contributed by atoms with Gasteiger partial charge in [0.05, 0.1) is 0 Å². The summed E-state index contributed by atoms with van der Waals surface area (Å²) in [6.45, 7) is 2.26. The van der Waals surface area contributed by atoms with E-state index in [0.29, 0.717) is 0 Å². The average Bonchev–Trinajstić information content (AvgIpc) is 2.45. The molecule has 0 heterocycles. The van der Waals surface area contributed by atoms with Crippen molar-refractivity contribution in [1.29, 1.82) is 0 Å². The Kier molecular flexibility index (Phi) is 5.01. The van der Waals surface area contributed by atoms with Crippen molar-refractivity contribution >= 4 is 0 Å². The molecule has 0 atom stereocenters. The monoisotopic (exact) mass is 237 g/mol. The van der Waals surface area contributed by atoms with E-state index in [2.05, 4.69) is 49.4 Å². The smallest absolute Gasteiger partial charge is 0.00991 e. The predicted octanol–water partition coefficient (Wildman–Crippen LogP) is 5.28. The van der Waals surface area contributed by atoms with Gasteiger partial charge in [0.2, 0.25) is 0 Å². The highest BCUT2D eigenvalue weighted by Crippen LogP contribution is 2.24. The van der Waals surface area contributed by atoms with Crippen LogP contribution in [0.4, 0.5) is 0 Å². The fourth-order valence-corrected chi connectivity index (χ4v) is 2.30. The molecule has 2 rings (SSSR count). The maximum atomic E-state index is 3.33. The van der Waals surface area contributed by atoms with Gasteiger partial charge in [-0.05, 0) is 35.6 Å². The molecule has 0 nitrogen and oxygen atoms in total. The maximum absolute atomic E-state index is 3.33. The van der Waals surface area contributed by atoms with Crippen LogP contribution in [0.3, 0.4) is 0 Å². The van der Waals surface area contributed by atoms with Crippen LogP contribution in [-0.4, -0.2) is 0 Å². The first kappa shape index (κ1) is 12.9. The summed E-state index contributed by atoms with van der Waals surface area (Å²) in [5.41, 5.74) is 4.01. The van der Waals surface area contributed by atoms with Gasteiger partial charge >= 0.3 is 0 Å². The third-order valence-electron chi connectivity index (χ3n) is 3.32. The van der Waals surface area contributed by atoms with Gasteiger partial charge in [-0.1, -0.05) is 74.7 Å². The van der Waals surface area contributed by atoms with Gasteiger partial charge in [-0.3, -0.25) is 0 Å². The Labute approximate surface area is 111 Å². The standard InChI is InChI=1S/C18H21/c1-2-3-4-6-11-17-14-9-10-15-18(17)16-12-7-5-8-13-16/h5,7-10,12,14-15H,2-4,6,11H2,1H3. The molecule has 0 aliphatic rings. The number of rotatable bonds is 6. The molecule has 0 aliphatic carbocycles. The van der Waals surface area contributed by atoms with E-state index >= 15 is 0 Å². The lowest BCUT2D eigenvalue weighted by Crippen LogP contribution is -1.90. The van der Waals surface area contributed by atoms with Crippen LogP contribution in [0.1, 0.15) is 38.2 Å². The minimum Gasteiger partial charge on any atom is -0.0654 e. The summed E-state index contributed by atoms with van der Waals surface area (Å²) >= 11 is 0. The van der Waals surface area contributed by atoms with Crippen molar-refractivity contribution in [3.63, 3.8) is 0 Å². The molecule has 1 radical (unpaired) electrons. The SMILES string of the molecule is CCCCCCc1ccccc1-c1[c]cccc1. The number of hydrogen-bond acceptors (Lipinski definition) is 0. The van der Waals surface area contributed by atoms with Gasteiger partial charge in [-0.2, -0.15) is 0 Å². The lowest BCUT2D eigenvalue weighted by molar-refractivity contribution is 0.667. The Balaban J connectivity index is 2.11. The third kappa shape index (κ3) is 3.46. The van der Waals surface area contributed by atoms with Crippen LogP contribution in [0.2, 0.25) is 0 Å². The Morgan fingerprint density at radius 2 is 1.72 bits per heavy atom. The molecule has 0 saturated heterocycles. The molecule has 0 N–H and O–H groups in total. The lowest BCUT2D eigenvalue weighted by Gasteiger charge is -2.09. The van der Waals surface area contributed by atoms with Gasteiger partial charge in [0, 0.05) is 0 Å². The second-order valence-corrected chi connectivity index (χ2v) is 4.74. The van der Waals surface area contributed by atoms with Crippen LogP contribution >= 0.6 is 0 Å². The number of unbranched alkanes of at least 4 members (excludes halogenated alkanes) is 3. The largest absolute Gasteiger partial charge is 0.0654 e. The van der Waals surface area contributed by atoms with Crippen molar-refractivity contribution in [3.05, 3.63) is 60.2 Å². The maximum Gasteiger partial charge on any atom is -0.00991 e. The fourth-order valence-electron chi connectivity index (χ4n) is 2.30. The minimum atomic E-state index is 1.18. The van der Waals surface area contributed by atoms with E-state index in [1.54, 1.807) is 0 Å². The Morgan fingerprint density at radius 3 is 2.50 bits per heavy atom. The third-order valence-corrected chi connectivity index (χ3v) is 3.32. The zero-order chi connectivity index (χ0) is 12.6. The van der Waals surface area contributed by atoms with Gasteiger partial charge < -0.3 is 0 Å². The molecule has 93 valence electrons. The molecule has 2 aromatic rings. The highest BCUT2D eigenvalue weighted by Gasteiger charge is 2.03. The molecule has 2 aromatic carbocycles. The van der Waals surface area contributed by atoms with E-state index < -0.39 is 0 Å². The van der Waals surface area contributed by atoms with Crippen molar-refractivity contribution < 1.29 is 0 Å². The van der Waals surface area contributed by atoms with Crippen molar-refractivity contribution in [2.45, 2.75) is 39.0 Å². The molecule has 0 aromatic heterocycles. The van der Waals surface area contributed by atoms with E-state index in [4.69, 9.17) is 0 Å². The van der Waals surface area contributed by atoms with E-state index in [0.717, 1.165) is 0 Å². The topological polar surface area (TPSA) is 0 Å². The van der Waals surface area contributed by atoms with Gasteiger partial charge in [-0.25, -0.2) is 0 Å². The molecule has 0 saturated carbocycles. The van der Waals surface area contributed by atoms with Crippen molar-refractivity contribution in [3.8, 4) is 11.1 Å². The average molecular weight is 237 g/mol. The quantitative estimate of drug-likeness (QED) is 0.600. The first-order valence-corrected chi connectivity index (χ1v) is 6.97. The molecule has 0 spiro atoms. The van der Waals surface area contributed by atoms with Crippen LogP contribution in [0.15, 0.2) is 48.5 Å². The summed E-state index contributed by atoms with van der Waals surface area (Å²) in [4.78, 5) is 0. The van der Waals surface area contributed by atoms with Gasteiger partial charge in [0.15, 0.2) is 0 Å². The van der Waals surface area contributed by atoms with Crippen molar-refractivity contribution in [1.82, 2.24) is 0 Å². The van der Waals surface area contributed by atoms with Crippen LogP contribution in [0.5, 0.6) is 0 Å². The summed E-state index contributed by atoms with van der Waals surface area (Å²) in [7, 11) is 0. The van der Waals surface area contributed by atoms with E-state index in [1.807, 2.05) is 12.1 Å². The van der Waals surface area contributed by atoms with Gasteiger partial charge in [-0.15, -0.1) is 0 Å². The lowest BCUT2D eigenvalue weighted by atomic mass is 9.96. The summed E-state index contributed by atoms with van der Waals surface area (Å²) in [5, 5.41) is 0. The molecule has 0 fully saturated rings. The van der Waals surface area contributed by atoms with E-state index in [9.17, 15) is 0 Å². The van der Waals surface area contributed by atoms with E-state index in [1.165, 1.54) is 48.8 Å². The highest BCUT2D eigenvalue weighted by atomic mass is 14.1. The highest BCUT2D eigenvalue weighted by molar-refractivity contribution is 5.66. The minimum absolute atomic E-state index is 1.18. The Hall–Kier alpha value is -1.56. The molecular weight excluding hydrogens is 216 g/mol. The fraction of sp³-hybridized carbons (Fsp3) is 0.333. The second kappa shape index (κ2) is 7.00. The van der Waals surface area contributed by atoms with Gasteiger partial charge in [0.25, 0.3) is 0 Å². The van der Waals surface area contributed by atoms with E-state index in [-0.39, 0.29) is 0 Å². The summed E-state index contributed by atoms with van der Waals surface area (Å²) in [5.74, 6) is 0. The molecule has 0 amide bonds.